The predicted octanol–water partition coefficient (Wildman–Crippen LogP) is 2.24. The topological polar surface area (TPSA) is 116 Å². The number of nitrogens with zero attached hydrogens (tertiary/aromatic N) is 1. The van der Waals surface area contributed by atoms with Gasteiger partial charge in [0.15, 0.2) is 0 Å². The fourth-order valence-corrected chi connectivity index (χ4v) is 4.60. The van der Waals surface area contributed by atoms with Crippen molar-refractivity contribution >= 4 is 27.7 Å². The number of hydrogen-bond acceptors (Lipinski definition) is 4. The van der Waals surface area contributed by atoms with Gasteiger partial charge >= 0.3 is 12.0 Å². The molecular formula is C17H25N3O5S. The van der Waals surface area contributed by atoms with Gasteiger partial charge in [-0.2, -0.15) is 4.31 Å². The number of nitrogens with one attached hydrogen (secondary N) is 2. The molecule has 1 aliphatic carbocycles. The minimum Gasteiger partial charge on any atom is -0.481 e. The van der Waals surface area contributed by atoms with E-state index in [0.29, 0.717) is 0 Å². The van der Waals surface area contributed by atoms with Crippen LogP contribution in [0.3, 0.4) is 0 Å². The van der Waals surface area contributed by atoms with E-state index in [0.717, 1.165) is 32.1 Å². The minimum absolute atomic E-state index is 0.0291. The van der Waals surface area contributed by atoms with E-state index in [1.165, 1.54) is 16.4 Å². The molecule has 1 aromatic rings. The van der Waals surface area contributed by atoms with Crippen LogP contribution in [0, 0.1) is 0 Å². The molecule has 0 saturated heterocycles. The van der Waals surface area contributed by atoms with Gasteiger partial charge in [0, 0.05) is 19.6 Å². The summed E-state index contributed by atoms with van der Waals surface area (Å²) in [5.74, 6) is -1.03. The lowest BCUT2D eigenvalue weighted by Gasteiger charge is -2.30. The average Bonchev–Trinajstić information content (AvgIpc) is 2.61. The number of carbonyl (C=O) groups is 2. The highest BCUT2D eigenvalue weighted by Crippen LogP contribution is 2.29. The molecule has 8 nitrogen and oxygen atoms in total. The third-order valence-electron chi connectivity index (χ3n) is 4.51. The number of anilines is 1. The summed E-state index contributed by atoms with van der Waals surface area (Å²) < 4.78 is 27.4. The van der Waals surface area contributed by atoms with Gasteiger partial charge in [0.05, 0.1) is 12.1 Å². The monoisotopic (exact) mass is 383 g/mol. The Kier molecular flexibility index (Phi) is 6.98. The Morgan fingerprint density at radius 1 is 1.19 bits per heavy atom. The lowest BCUT2D eigenvalue weighted by Crippen LogP contribution is -2.39. The molecule has 0 bridgehead atoms. The van der Waals surface area contributed by atoms with Gasteiger partial charge in [-0.1, -0.05) is 31.4 Å². The largest absolute Gasteiger partial charge is 0.481 e. The maximum absolute atomic E-state index is 13.0. The number of rotatable bonds is 7. The predicted molar refractivity (Wildman–Crippen MR) is 97.5 cm³/mol. The van der Waals surface area contributed by atoms with Crippen molar-refractivity contribution in [3.05, 3.63) is 24.3 Å². The fraction of sp³-hybridized carbons (Fsp3) is 0.529. The summed E-state index contributed by atoms with van der Waals surface area (Å²) in [6, 6.07) is 5.53. The Morgan fingerprint density at radius 3 is 2.50 bits per heavy atom. The number of urea groups is 1. The second kappa shape index (κ2) is 9.00. The molecule has 3 N–H and O–H groups in total. The number of aliphatic carboxylic acids is 1. The number of para-hydroxylation sites is 1. The van der Waals surface area contributed by atoms with Crippen molar-refractivity contribution in [3.63, 3.8) is 0 Å². The van der Waals surface area contributed by atoms with E-state index in [4.69, 9.17) is 5.11 Å². The van der Waals surface area contributed by atoms with Crippen LogP contribution in [0.1, 0.15) is 38.5 Å². The van der Waals surface area contributed by atoms with Crippen molar-refractivity contribution in [2.75, 3.05) is 18.9 Å². The van der Waals surface area contributed by atoms with E-state index in [2.05, 4.69) is 10.6 Å². The number of benzene rings is 1. The zero-order valence-corrected chi connectivity index (χ0v) is 15.6. The molecule has 1 fully saturated rings. The van der Waals surface area contributed by atoms with Crippen molar-refractivity contribution in [1.29, 1.82) is 0 Å². The molecule has 0 aromatic heterocycles. The van der Waals surface area contributed by atoms with Gasteiger partial charge in [0.2, 0.25) is 10.0 Å². The van der Waals surface area contributed by atoms with Crippen LogP contribution in [0.5, 0.6) is 0 Å². The van der Waals surface area contributed by atoms with Crippen LogP contribution in [0.25, 0.3) is 0 Å². The van der Waals surface area contributed by atoms with Crippen LogP contribution in [-0.4, -0.2) is 49.5 Å². The van der Waals surface area contributed by atoms with Crippen LogP contribution >= 0.6 is 0 Å². The summed E-state index contributed by atoms with van der Waals surface area (Å²) in [6.45, 7) is -0.0436. The molecule has 0 unspecified atom stereocenters. The van der Waals surface area contributed by atoms with E-state index in [9.17, 15) is 18.0 Å². The summed E-state index contributed by atoms with van der Waals surface area (Å²) in [7, 11) is -2.17. The van der Waals surface area contributed by atoms with Gasteiger partial charge in [0.25, 0.3) is 0 Å². The van der Waals surface area contributed by atoms with Gasteiger partial charge in [0.1, 0.15) is 4.90 Å². The molecule has 2 amide bonds. The van der Waals surface area contributed by atoms with Gasteiger partial charge in [-0.25, -0.2) is 13.2 Å². The number of carboxylic acid groups (broad SMARTS) is 1. The highest BCUT2D eigenvalue weighted by atomic mass is 32.2. The van der Waals surface area contributed by atoms with Gasteiger partial charge in [-0.05, 0) is 25.0 Å². The maximum atomic E-state index is 13.0. The van der Waals surface area contributed by atoms with E-state index in [1.54, 1.807) is 19.2 Å². The smallest absolute Gasteiger partial charge is 0.319 e. The molecule has 1 aromatic carbocycles. The normalized spacial score (nSPS) is 15.6. The molecule has 9 heteroatoms. The molecule has 2 rings (SSSR count). The summed E-state index contributed by atoms with van der Waals surface area (Å²) in [4.78, 5) is 22.4. The molecule has 0 atom stereocenters. The third-order valence-corrected chi connectivity index (χ3v) is 6.47. The SMILES string of the molecule is CN(C1CCCCC1)S(=O)(=O)c1ccccc1NC(=O)NCCC(=O)O. The second-order valence-corrected chi connectivity index (χ2v) is 8.30. The number of sulfonamides is 1. The van der Waals surface area contributed by atoms with Crippen LogP contribution in [0.4, 0.5) is 10.5 Å². The van der Waals surface area contributed by atoms with Crippen LogP contribution < -0.4 is 10.6 Å². The number of carboxylic acids is 1. The van der Waals surface area contributed by atoms with Crippen molar-refractivity contribution in [1.82, 2.24) is 9.62 Å². The molecular weight excluding hydrogens is 358 g/mol. The first-order valence-corrected chi connectivity index (χ1v) is 10.1. The molecule has 0 aliphatic heterocycles. The van der Waals surface area contributed by atoms with Crippen molar-refractivity contribution in [2.24, 2.45) is 0 Å². The molecule has 0 radical (unpaired) electrons. The molecule has 144 valence electrons. The molecule has 1 aliphatic rings. The highest BCUT2D eigenvalue weighted by molar-refractivity contribution is 7.89. The fourth-order valence-electron chi connectivity index (χ4n) is 3.04. The minimum atomic E-state index is -3.75. The summed E-state index contributed by atoms with van der Waals surface area (Å²) in [5.41, 5.74) is 0.169. The summed E-state index contributed by atoms with van der Waals surface area (Å²) in [5, 5.41) is 13.5. The van der Waals surface area contributed by atoms with Crippen molar-refractivity contribution in [2.45, 2.75) is 49.5 Å². The van der Waals surface area contributed by atoms with E-state index >= 15 is 0 Å². The lowest BCUT2D eigenvalue weighted by atomic mass is 9.96. The van der Waals surface area contributed by atoms with Crippen molar-refractivity contribution < 1.29 is 23.1 Å². The van der Waals surface area contributed by atoms with Gasteiger partial charge in [-0.15, -0.1) is 0 Å². The Hall–Kier alpha value is -2.13. The third kappa shape index (κ3) is 5.18. The van der Waals surface area contributed by atoms with Gasteiger partial charge in [-0.3, -0.25) is 4.79 Å². The Labute approximate surface area is 153 Å². The van der Waals surface area contributed by atoms with Crippen LogP contribution in [-0.2, 0) is 14.8 Å². The highest BCUT2D eigenvalue weighted by Gasteiger charge is 2.30. The molecule has 1 saturated carbocycles. The zero-order chi connectivity index (χ0) is 19.2. The molecule has 0 spiro atoms. The molecule has 26 heavy (non-hydrogen) atoms. The summed E-state index contributed by atoms with van der Waals surface area (Å²) >= 11 is 0. The van der Waals surface area contributed by atoms with Gasteiger partial charge < -0.3 is 15.7 Å². The first kappa shape index (κ1) is 20.2. The summed E-state index contributed by atoms with van der Waals surface area (Å²) in [6.07, 6.45) is 4.60. The van der Waals surface area contributed by atoms with E-state index in [-0.39, 0.29) is 29.6 Å². The maximum Gasteiger partial charge on any atom is 0.319 e. The second-order valence-electron chi connectivity index (χ2n) is 6.33. The zero-order valence-electron chi connectivity index (χ0n) is 14.8. The van der Waals surface area contributed by atoms with E-state index in [1.807, 2.05) is 0 Å². The number of hydrogen-bond donors (Lipinski definition) is 3. The lowest BCUT2D eigenvalue weighted by molar-refractivity contribution is -0.136. The number of carbonyl (C=O) groups excluding carboxylic acids is 1. The van der Waals surface area contributed by atoms with Crippen molar-refractivity contribution in [3.8, 4) is 0 Å². The Morgan fingerprint density at radius 2 is 1.85 bits per heavy atom. The Balaban J connectivity index is 2.13. The first-order valence-electron chi connectivity index (χ1n) is 8.66. The standard InChI is InChI=1S/C17H25N3O5S/c1-20(13-7-3-2-4-8-13)26(24,25)15-10-6-5-9-14(15)19-17(23)18-12-11-16(21)22/h5-6,9-10,13H,2-4,7-8,11-12H2,1H3,(H,21,22)(H2,18,19,23). The number of amides is 2. The molecule has 0 heterocycles. The van der Waals surface area contributed by atoms with Crippen LogP contribution in [0.2, 0.25) is 0 Å². The van der Waals surface area contributed by atoms with E-state index < -0.39 is 22.0 Å². The first-order chi connectivity index (χ1) is 12.3. The Bertz CT molecular complexity index is 745. The quantitative estimate of drug-likeness (QED) is 0.668. The van der Waals surface area contributed by atoms with Crippen LogP contribution in [0.15, 0.2) is 29.2 Å². The average molecular weight is 383 g/mol.